The van der Waals surface area contributed by atoms with Gasteiger partial charge in [0.25, 0.3) is 5.91 Å². The lowest BCUT2D eigenvalue weighted by Crippen LogP contribution is -2.30. The molecule has 2 rings (SSSR count). The summed E-state index contributed by atoms with van der Waals surface area (Å²) in [6.07, 6.45) is 7.30. The van der Waals surface area contributed by atoms with Crippen LogP contribution in [-0.2, 0) is 21.2 Å². The maximum Gasteiger partial charge on any atom is 0.253 e. The molecule has 1 unspecified atom stereocenters. The monoisotopic (exact) mass is 577 g/mol. The second-order valence-electron chi connectivity index (χ2n) is 10.0. The number of aromatic hydroxyl groups is 1. The number of benzene rings is 2. The Morgan fingerprint density at radius 2 is 1.68 bits per heavy atom. The van der Waals surface area contributed by atoms with E-state index >= 15 is 0 Å². The first-order chi connectivity index (χ1) is 19.1. The van der Waals surface area contributed by atoms with Crippen LogP contribution in [0.25, 0.3) is 0 Å². The first-order valence-electron chi connectivity index (χ1n) is 14.3. The van der Waals surface area contributed by atoms with Crippen molar-refractivity contribution in [3.63, 3.8) is 0 Å². The molecule has 10 heteroatoms. The van der Waals surface area contributed by atoms with Crippen molar-refractivity contribution in [2.24, 2.45) is 0 Å². The SMILES string of the molecule is CCN(CC)C(=O)c1cccc(CCCCOCCCCCCNCC(O)c2ccc(O)c(NS(C)(=O)=O)c2)c1. The molecule has 0 aromatic heterocycles. The standard InChI is InChI=1S/C30H47N3O6S/c1-4-33(5-2)30(36)26-15-12-14-24(21-26)13-8-11-20-39-19-10-7-6-9-18-31-23-29(35)25-16-17-28(34)27(22-25)32-40(3,37)38/h12,14-17,21-22,29,31-32,34-35H,4-11,13,18-20,23H2,1-3H3. The number of carbonyl (C=O) groups is 1. The highest BCUT2D eigenvalue weighted by Gasteiger charge is 2.14. The summed E-state index contributed by atoms with van der Waals surface area (Å²) < 4.78 is 30.9. The molecular weight excluding hydrogens is 530 g/mol. The molecule has 224 valence electrons. The predicted molar refractivity (Wildman–Crippen MR) is 160 cm³/mol. The fourth-order valence-electron chi connectivity index (χ4n) is 4.40. The van der Waals surface area contributed by atoms with Crippen LogP contribution in [0.2, 0.25) is 0 Å². The quantitative estimate of drug-likeness (QED) is 0.135. The Kier molecular flexibility index (Phi) is 15.0. The summed E-state index contributed by atoms with van der Waals surface area (Å²) >= 11 is 0. The van der Waals surface area contributed by atoms with Gasteiger partial charge in [-0.3, -0.25) is 9.52 Å². The first-order valence-corrected chi connectivity index (χ1v) is 16.2. The van der Waals surface area contributed by atoms with Crippen molar-refractivity contribution < 1.29 is 28.2 Å². The molecule has 0 saturated heterocycles. The average molecular weight is 578 g/mol. The molecule has 4 N–H and O–H groups in total. The molecule has 0 fully saturated rings. The van der Waals surface area contributed by atoms with Crippen LogP contribution in [0.4, 0.5) is 5.69 Å². The van der Waals surface area contributed by atoms with Crippen molar-refractivity contribution in [1.82, 2.24) is 10.2 Å². The third-order valence-corrected chi connectivity index (χ3v) is 7.25. The van der Waals surface area contributed by atoms with Crippen LogP contribution in [0.1, 0.15) is 80.0 Å². The lowest BCUT2D eigenvalue weighted by Gasteiger charge is -2.18. The van der Waals surface area contributed by atoms with Crippen molar-refractivity contribution >= 4 is 21.6 Å². The number of nitrogens with one attached hydrogen (secondary N) is 2. The van der Waals surface area contributed by atoms with E-state index in [0.29, 0.717) is 12.1 Å². The minimum atomic E-state index is -3.53. The summed E-state index contributed by atoms with van der Waals surface area (Å²) in [4.78, 5) is 14.4. The van der Waals surface area contributed by atoms with E-state index in [4.69, 9.17) is 4.74 Å². The number of aliphatic hydroxyl groups excluding tert-OH is 1. The molecule has 0 heterocycles. The number of amides is 1. The summed E-state index contributed by atoms with van der Waals surface area (Å²) in [5.74, 6) is -0.0956. The fraction of sp³-hybridized carbons (Fsp3) is 0.567. The van der Waals surface area contributed by atoms with E-state index < -0.39 is 16.1 Å². The molecule has 0 aliphatic carbocycles. The predicted octanol–water partition coefficient (Wildman–Crippen LogP) is 4.47. The van der Waals surface area contributed by atoms with E-state index in [1.807, 2.05) is 36.9 Å². The Morgan fingerprint density at radius 3 is 2.38 bits per heavy atom. The van der Waals surface area contributed by atoms with Gasteiger partial charge in [-0.15, -0.1) is 0 Å². The van der Waals surface area contributed by atoms with Crippen molar-refractivity contribution in [2.75, 3.05) is 50.4 Å². The second kappa shape index (κ2) is 17.9. The molecule has 9 nitrogen and oxygen atoms in total. The van der Waals surface area contributed by atoms with E-state index in [1.165, 1.54) is 17.7 Å². The van der Waals surface area contributed by atoms with Gasteiger partial charge in [-0.05, 0) is 87.9 Å². The van der Waals surface area contributed by atoms with E-state index in [-0.39, 0.29) is 17.3 Å². The van der Waals surface area contributed by atoms with Gasteiger partial charge in [-0.1, -0.05) is 31.0 Å². The highest BCUT2D eigenvalue weighted by molar-refractivity contribution is 7.92. The maximum absolute atomic E-state index is 12.5. The highest BCUT2D eigenvalue weighted by atomic mass is 32.2. The number of sulfonamides is 1. The third-order valence-electron chi connectivity index (χ3n) is 6.66. The van der Waals surface area contributed by atoms with E-state index in [1.54, 1.807) is 6.07 Å². The average Bonchev–Trinajstić information content (AvgIpc) is 2.92. The van der Waals surface area contributed by atoms with Gasteiger partial charge < -0.3 is 25.2 Å². The summed E-state index contributed by atoms with van der Waals surface area (Å²) in [5.41, 5.74) is 2.53. The molecule has 1 atom stereocenters. The Morgan fingerprint density at radius 1 is 0.975 bits per heavy atom. The number of nitrogens with zero attached hydrogens (tertiary/aromatic N) is 1. The zero-order valence-electron chi connectivity index (χ0n) is 24.2. The number of carbonyl (C=O) groups excluding carboxylic acids is 1. The summed E-state index contributed by atoms with van der Waals surface area (Å²) in [6, 6.07) is 12.3. The third kappa shape index (κ3) is 12.7. The molecule has 2 aromatic rings. The fourth-order valence-corrected chi connectivity index (χ4v) is 4.96. The molecule has 40 heavy (non-hydrogen) atoms. The number of rotatable bonds is 20. The zero-order chi connectivity index (χ0) is 29.4. The number of phenolic OH excluding ortho intramolecular Hbond substituents is 1. The van der Waals surface area contributed by atoms with Gasteiger partial charge in [0.15, 0.2) is 0 Å². The molecule has 0 bridgehead atoms. The van der Waals surface area contributed by atoms with Crippen LogP contribution in [0.3, 0.4) is 0 Å². The van der Waals surface area contributed by atoms with Gasteiger partial charge >= 0.3 is 0 Å². The summed E-state index contributed by atoms with van der Waals surface area (Å²) in [5, 5.41) is 23.4. The second-order valence-corrected chi connectivity index (χ2v) is 11.8. The lowest BCUT2D eigenvalue weighted by atomic mass is 10.0. The highest BCUT2D eigenvalue weighted by Crippen LogP contribution is 2.27. The number of hydrogen-bond acceptors (Lipinski definition) is 7. The minimum absolute atomic E-state index is 0.0511. The first kappa shape index (κ1) is 33.5. The van der Waals surface area contributed by atoms with Crippen LogP contribution in [-0.4, -0.2) is 75.1 Å². The molecule has 0 aliphatic heterocycles. The summed E-state index contributed by atoms with van der Waals surface area (Å²) in [7, 11) is -3.53. The van der Waals surface area contributed by atoms with Gasteiger partial charge in [-0.2, -0.15) is 0 Å². The van der Waals surface area contributed by atoms with Crippen LogP contribution in [0.15, 0.2) is 42.5 Å². The van der Waals surface area contributed by atoms with Crippen molar-refractivity contribution in [3.05, 3.63) is 59.2 Å². The molecule has 0 spiro atoms. The van der Waals surface area contributed by atoms with Crippen molar-refractivity contribution in [2.45, 2.75) is 64.9 Å². The molecule has 0 saturated carbocycles. The molecule has 2 aromatic carbocycles. The van der Waals surface area contributed by atoms with Crippen molar-refractivity contribution in [1.29, 1.82) is 0 Å². The molecular formula is C30H47N3O6S. The largest absolute Gasteiger partial charge is 0.506 e. The summed E-state index contributed by atoms with van der Waals surface area (Å²) in [6.45, 7) is 8.04. The Bertz CT molecular complexity index is 1140. The van der Waals surface area contributed by atoms with Crippen LogP contribution in [0, 0.1) is 0 Å². The number of phenols is 1. The van der Waals surface area contributed by atoms with Gasteiger partial charge in [-0.25, -0.2) is 8.42 Å². The van der Waals surface area contributed by atoms with E-state index in [2.05, 4.69) is 16.1 Å². The number of ether oxygens (including phenoxy) is 1. The Labute approximate surface area is 240 Å². The minimum Gasteiger partial charge on any atom is -0.506 e. The van der Waals surface area contributed by atoms with Gasteiger partial charge in [0.1, 0.15) is 5.75 Å². The van der Waals surface area contributed by atoms with Gasteiger partial charge in [0, 0.05) is 38.4 Å². The smallest absolute Gasteiger partial charge is 0.253 e. The van der Waals surface area contributed by atoms with Gasteiger partial charge in [0.2, 0.25) is 10.0 Å². The molecule has 1 amide bonds. The molecule has 0 radical (unpaired) electrons. The number of aliphatic hydroxyl groups is 1. The zero-order valence-corrected chi connectivity index (χ0v) is 25.0. The van der Waals surface area contributed by atoms with E-state index in [0.717, 1.165) is 89.6 Å². The van der Waals surface area contributed by atoms with Crippen molar-refractivity contribution in [3.8, 4) is 5.75 Å². The lowest BCUT2D eigenvalue weighted by molar-refractivity contribution is 0.0772. The van der Waals surface area contributed by atoms with Gasteiger partial charge in [0.05, 0.1) is 18.0 Å². The molecule has 0 aliphatic rings. The maximum atomic E-state index is 12.5. The Hall–Kier alpha value is -2.66. The Balaban J connectivity index is 1.50. The number of anilines is 1. The van der Waals surface area contributed by atoms with Crippen LogP contribution < -0.4 is 10.0 Å². The number of unbranched alkanes of at least 4 members (excludes halogenated alkanes) is 4. The van der Waals surface area contributed by atoms with Crippen LogP contribution >= 0.6 is 0 Å². The number of hydrogen-bond donors (Lipinski definition) is 4. The normalized spacial score (nSPS) is 12.3. The number of aryl methyl sites for hydroxylation is 1. The van der Waals surface area contributed by atoms with Crippen LogP contribution in [0.5, 0.6) is 5.75 Å². The van der Waals surface area contributed by atoms with E-state index in [9.17, 15) is 23.4 Å². The topological polar surface area (TPSA) is 128 Å².